The van der Waals surface area contributed by atoms with E-state index in [1.54, 1.807) is 42.5 Å². The van der Waals surface area contributed by atoms with Crippen LogP contribution in [0.1, 0.15) is 30.5 Å². The van der Waals surface area contributed by atoms with Crippen molar-refractivity contribution in [1.29, 1.82) is 0 Å². The maximum absolute atomic E-state index is 13.1. The summed E-state index contributed by atoms with van der Waals surface area (Å²) in [5.41, 5.74) is 1.37. The van der Waals surface area contributed by atoms with E-state index >= 15 is 0 Å². The number of aromatic hydroxyl groups is 1. The standard InChI is InChI=1S/C21H19NO5S2/c1-2-27-17-10-13(8-9-16(17)23)11-18-20(26)22(21(28)29-18)15(12-19(24)25)14-6-4-3-5-7-14/h3-11,15,23H,2,12H2,1H3,(H,24,25)/b18-11-/t15-/m0/s1. The summed E-state index contributed by atoms with van der Waals surface area (Å²) in [6.45, 7) is 2.20. The fourth-order valence-electron chi connectivity index (χ4n) is 2.99. The van der Waals surface area contributed by atoms with E-state index in [1.807, 2.05) is 13.0 Å². The Hall–Kier alpha value is -2.84. The molecule has 0 radical (unpaired) electrons. The Labute approximate surface area is 177 Å². The lowest BCUT2D eigenvalue weighted by molar-refractivity contribution is -0.138. The van der Waals surface area contributed by atoms with Crippen LogP contribution in [0.15, 0.2) is 53.4 Å². The smallest absolute Gasteiger partial charge is 0.305 e. The highest BCUT2D eigenvalue weighted by atomic mass is 32.2. The number of hydrogen-bond donors (Lipinski definition) is 2. The highest BCUT2D eigenvalue weighted by molar-refractivity contribution is 8.26. The molecule has 1 heterocycles. The lowest BCUT2D eigenvalue weighted by Crippen LogP contribution is -2.34. The van der Waals surface area contributed by atoms with Crippen molar-refractivity contribution >= 4 is 46.3 Å². The number of amides is 1. The summed E-state index contributed by atoms with van der Waals surface area (Å²) >= 11 is 6.52. The predicted molar refractivity (Wildman–Crippen MR) is 116 cm³/mol. The number of rotatable bonds is 7. The average Bonchev–Trinajstić information content (AvgIpc) is 2.96. The lowest BCUT2D eigenvalue weighted by Gasteiger charge is -2.26. The van der Waals surface area contributed by atoms with Gasteiger partial charge in [-0.25, -0.2) is 0 Å². The number of hydrogen-bond acceptors (Lipinski definition) is 6. The van der Waals surface area contributed by atoms with Gasteiger partial charge in [0.2, 0.25) is 0 Å². The molecular formula is C21H19NO5S2. The lowest BCUT2D eigenvalue weighted by atomic mass is 10.0. The molecule has 1 saturated heterocycles. The van der Waals surface area contributed by atoms with Gasteiger partial charge in [-0.3, -0.25) is 14.5 Å². The summed E-state index contributed by atoms with van der Waals surface area (Å²) in [4.78, 5) is 26.2. The Balaban J connectivity index is 1.93. The Morgan fingerprint density at radius 3 is 2.66 bits per heavy atom. The van der Waals surface area contributed by atoms with Gasteiger partial charge in [0, 0.05) is 0 Å². The second-order valence-electron chi connectivity index (χ2n) is 6.24. The number of aliphatic carboxylic acids is 1. The molecule has 0 aromatic heterocycles. The van der Waals surface area contributed by atoms with Gasteiger partial charge in [-0.2, -0.15) is 0 Å². The number of thioether (sulfide) groups is 1. The largest absolute Gasteiger partial charge is 0.504 e. The molecule has 3 rings (SSSR count). The molecule has 1 atom stereocenters. The fraction of sp³-hybridized carbons (Fsp3) is 0.190. The molecule has 0 unspecified atom stereocenters. The minimum absolute atomic E-state index is 0.0159. The van der Waals surface area contributed by atoms with Crippen LogP contribution in [0.25, 0.3) is 6.08 Å². The molecule has 0 aliphatic carbocycles. The molecule has 2 aromatic carbocycles. The van der Waals surface area contributed by atoms with E-state index in [4.69, 9.17) is 17.0 Å². The number of nitrogens with zero attached hydrogens (tertiary/aromatic N) is 1. The summed E-state index contributed by atoms with van der Waals surface area (Å²) in [5.74, 6) is -1.02. The molecule has 29 heavy (non-hydrogen) atoms. The van der Waals surface area contributed by atoms with Crippen LogP contribution in [0.3, 0.4) is 0 Å². The molecule has 0 bridgehead atoms. The predicted octanol–water partition coefficient (Wildman–Crippen LogP) is 4.21. The number of carbonyl (C=O) groups is 2. The van der Waals surface area contributed by atoms with Gasteiger partial charge >= 0.3 is 5.97 Å². The molecule has 150 valence electrons. The molecule has 6 nitrogen and oxygen atoms in total. The second-order valence-corrected chi connectivity index (χ2v) is 7.91. The number of ether oxygens (including phenoxy) is 1. The van der Waals surface area contributed by atoms with Crippen LogP contribution in [-0.2, 0) is 9.59 Å². The van der Waals surface area contributed by atoms with Gasteiger partial charge in [0.05, 0.1) is 24.0 Å². The fourth-order valence-corrected chi connectivity index (χ4v) is 4.35. The maximum atomic E-state index is 13.1. The molecule has 0 spiro atoms. The molecule has 1 fully saturated rings. The van der Waals surface area contributed by atoms with Gasteiger partial charge in [-0.15, -0.1) is 0 Å². The number of carboxylic acids is 1. The van der Waals surface area contributed by atoms with E-state index in [-0.39, 0.29) is 18.1 Å². The maximum Gasteiger partial charge on any atom is 0.305 e. The molecular weight excluding hydrogens is 410 g/mol. The highest BCUT2D eigenvalue weighted by Gasteiger charge is 2.38. The van der Waals surface area contributed by atoms with Gasteiger partial charge < -0.3 is 14.9 Å². The van der Waals surface area contributed by atoms with Crippen molar-refractivity contribution in [2.24, 2.45) is 0 Å². The number of carboxylic acid groups (broad SMARTS) is 1. The van der Waals surface area contributed by atoms with Crippen molar-refractivity contribution in [3.8, 4) is 11.5 Å². The topological polar surface area (TPSA) is 87.1 Å². The van der Waals surface area contributed by atoms with Gasteiger partial charge in [-0.1, -0.05) is 60.4 Å². The first kappa shape index (κ1) is 20.9. The zero-order valence-electron chi connectivity index (χ0n) is 15.6. The first-order chi connectivity index (χ1) is 13.9. The zero-order valence-corrected chi connectivity index (χ0v) is 17.2. The number of phenolic OH excluding ortho intramolecular Hbond substituents is 1. The van der Waals surface area contributed by atoms with Crippen molar-refractivity contribution in [2.75, 3.05) is 6.61 Å². The third-order valence-corrected chi connectivity index (χ3v) is 5.60. The van der Waals surface area contributed by atoms with Crippen LogP contribution in [0, 0.1) is 0 Å². The average molecular weight is 430 g/mol. The van der Waals surface area contributed by atoms with Gasteiger partial charge in [0.25, 0.3) is 5.91 Å². The monoisotopic (exact) mass is 429 g/mol. The van der Waals surface area contributed by atoms with Crippen LogP contribution >= 0.6 is 24.0 Å². The van der Waals surface area contributed by atoms with Crippen LogP contribution in [0.2, 0.25) is 0 Å². The van der Waals surface area contributed by atoms with Gasteiger partial charge in [-0.05, 0) is 36.3 Å². The second kappa shape index (κ2) is 9.11. The van der Waals surface area contributed by atoms with Gasteiger partial charge in [0.1, 0.15) is 4.32 Å². The van der Waals surface area contributed by atoms with Crippen molar-refractivity contribution in [3.63, 3.8) is 0 Å². The summed E-state index contributed by atoms with van der Waals surface area (Å²) in [5, 5.41) is 19.2. The first-order valence-electron chi connectivity index (χ1n) is 8.90. The Morgan fingerprint density at radius 1 is 1.28 bits per heavy atom. The van der Waals surface area contributed by atoms with Crippen LogP contribution in [0.4, 0.5) is 0 Å². The van der Waals surface area contributed by atoms with E-state index in [0.717, 1.165) is 11.8 Å². The molecule has 2 N–H and O–H groups in total. The van der Waals surface area contributed by atoms with Crippen molar-refractivity contribution in [1.82, 2.24) is 4.90 Å². The van der Waals surface area contributed by atoms with E-state index in [1.165, 1.54) is 11.0 Å². The summed E-state index contributed by atoms with van der Waals surface area (Å²) in [6, 6.07) is 13.1. The van der Waals surface area contributed by atoms with Crippen LogP contribution in [-0.4, -0.2) is 37.9 Å². The van der Waals surface area contributed by atoms with E-state index in [9.17, 15) is 19.8 Å². The SMILES string of the molecule is CCOc1cc(/C=C2\SC(=S)N([C@@H](CC(=O)O)c3ccccc3)C2=O)ccc1O. The summed E-state index contributed by atoms with van der Waals surface area (Å²) in [6.07, 6.45) is 1.40. The Morgan fingerprint density at radius 2 is 2.00 bits per heavy atom. The van der Waals surface area contributed by atoms with Crippen LogP contribution in [0.5, 0.6) is 11.5 Å². The number of carbonyl (C=O) groups excluding carboxylic acids is 1. The third-order valence-electron chi connectivity index (χ3n) is 4.27. The minimum atomic E-state index is -1.02. The van der Waals surface area contributed by atoms with E-state index < -0.39 is 12.0 Å². The Kier molecular flexibility index (Phi) is 6.56. The molecule has 1 aliphatic rings. The molecule has 2 aromatic rings. The van der Waals surface area contributed by atoms with Gasteiger partial charge in [0.15, 0.2) is 11.5 Å². The molecule has 0 saturated carbocycles. The third kappa shape index (κ3) is 4.78. The minimum Gasteiger partial charge on any atom is -0.504 e. The van der Waals surface area contributed by atoms with Crippen molar-refractivity contribution < 1.29 is 24.5 Å². The molecule has 8 heteroatoms. The van der Waals surface area contributed by atoms with E-state index in [0.29, 0.717) is 32.7 Å². The zero-order chi connectivity index (χ0) is 21.0. The number of phenols is 1. The molecule has 1 amide bonds. The number of benzene rings is 2. The van der Waals surface area contributed by atoms with Crippen molar-refractivity contribution in [3.05, 3.63) is 64.6 Å². The summed E-state index contributed by atoms with van der Waals surface area (Å²) < 4.78 is 5.68. The van der Waals surface area contributed by atoms with E-state index in [2.05, 4.69) is 0 Å². The molecule has 1 aliphatic heterocycles. The summed E-state index contributed by atoms with van der Waals surface area (Å²) in [7, 11) is 0. The normalized spacial score (nSPS) is 16.3. The number of thiocarbonyl (C=S) groups is 1. The quantitative estimate of drug-likeness (QED) is 0.504. The highest BCUT2D eigenvalue weighted by Crippen LogP contribution is 2.40. The van der Waals surface area contributed by atoms with Crippen LogP contribution < -0.4 is 4.74 Å². The Bertz CT molecular complexity index is 974. The van der Waals surface area contributed by atoms with Crippen molar-refractivity contribution in [2.45, 2.75) is 19.4 Å². The first-order valence-corrected chi connectivity index (χ1v) is 10.1.